The summed E-state index contributed by atoms with van der Waals surface area (Å²) >= 11 is 5.35. The van der Waals surface area contributed by atoms with Gasteiger partial charge in [-0.05, 0) is 48.6 Å². The fourth-order valence-electron chi connectivity index (χ4n) is 2.98. The molecule has 4 rings (SSSR count). The second-order valence-corrected chi connectivity index (χ2v) is 7.31. The van der Waals surface area contributed by atoms with Gasteiger partial charge in [0.15, 0.2) is 0 Å². The average Bonchev–Trinajstić information content (AvgIpc) is 2.91. The summed E-state index contributed by atoms with van der Waals surface area (Å²) in [6, 6.07) is 15.6. The van der Waals surface area contributed by atoms with Crippen LogP contribution in [0.2, 0.25) is 0 Å². The minimum Gasteiger partial charge on any atom is -0.382 e. The molecule has 1 heterocycles. The van der Waals surface area contributed by atoms with E-state index in [0.29, 0.717) is 12.0 Å². The summed E-state index contributed by atoms with van der Waals surface area (Å²) in [6.07, 6.45) is 2.40. The van der Waals surface area contributed by atoms with Gasteiger partial charge in [-0.25, -0.2) is 4.98 Å². The first kappa shape index (κ1) is 13.3. The van der Waals surface area contributed by atoms with E-state index in [0.717, 1.165) is 5.52 Å². The highest BCUT2D eigenvalue weighted by Crippen LogP contribution is 2.41. The number of rotatable bonds is 3. The van der Waals surface area contributed by atoms with Crippen molar-refractivity contribution in [3.8, 4) is 0 Å². The van der Waals surface area contributed by atoms with E-state index in [1.165, 1.54) is 33.3 Å². The lowest BCUT2D eigenvalue weighted by Crippen LogP contribution is -2.34. The molecule has 21 heavy (non-hydrogen) atoms. The molecule has 106 valence electrons. The Bertz CT molecular complexity index is 777. The summed E-state index contributed by atoms with van der Waals surface area (Å²) in [5, 5.41) is 3.64. The number of aromatic nitrogens is 1. The average molecular weight is 359 g/mol. The number of hydrogen-bond donors (Lipinski definition) is 1. The molecule has 1 aliphatic rings. The minimum atomic E-state index is 0.576. The number of hydrogen-bond acceptors (Lipinski definition) is 3. The maximum atomic E-state index is 4.32. The first-order valence-electron chi connectivity index (χ1n) is 7.14. The summed E-state index contributed by atoms with van der Waals surface area (Å²) in [5.41, 5.74) is 5.64. The first-order chi connectivity index (χ1) is 10.3. The molecule has 1 aliphatic carbocycles. The van der Waals surface area contributed by atoms with Crippen LogP contribution in [0.25, 0.3) is 10.2 Å². The molecule has 0 bridgehead atoms. The quantitative estimate of drug-likeness (QED) is 0.676. The zero-order chi connectivity index (χ0) is 14.2. The molecule has 3 aromatic rings. The summed E-state index contributed by atoms with van der Waals surface area (Å²) in [6.45, 7) is 0. The van der Waals surface area contributed by atoms with Crippen LogP contribution in [0.4, 0.5) is 5.69 Å². The Labute approximate surface area is 136 Å². The zero-order valence-corrected chi connectivity index (χ0v) is 13.8. The van der Waals surface area contributed by atoms with Crippen LogP contribution in [0.1, 0.15) is 24.3 Å². The molecule has 4 heteroatoms. The molecular weight excluding hydrogens is 344 g/mol. The van der Waals surface area contributed by atoms with Crippen LogP contribution in [-0.4, -0.2) is 11.0 Å². The normalized spacial score (nSPS) is 21.2. The molecule has 0 spiro atoms. The highest BCUT2D eigenvalue weighted by atomic mass is 79.9. The molecule has 0 amide bonds. The van der Waals surface area contributed by atoms with Gasteiger partial charge in [0.1, 0.15) is 0 Å². The van der Waals surface area contributed by atoms with Crippen LogP contribution in [0.15, 0.2) is 52.4 Å². The van der Waals surface area contributed by atoms with Gasteiger partial charge in [-0.15, -0.1) is 11.3 Å². The van der Waals surface area contributed by atoms with Crippen LogP contribution in [0.3, 0.4) is 0 Å². The van der Waals surface area contributed by atoms with E-state index >= 15 is 0 Å². The van der Waals surface area contributed by atoms with Gasteiger partial charge in [0.05, 0.1) is 15.7 Å². The largest absolute Gasteiger partial charge is 0.382 e. The fourth-order valence-corrected chi connectivity index (χ4v) is 4.30. The third kappa shape index (κ3) is 2.58. The Morgan fingerprint density at radius 1 is 1.14 bits per heavy atom. The van der Waals surface area contributed by atoms with Crippen LogP contribution < -0.4 is 5.32 Å². The van der Waals surface area contributed by atoms with Crippen LogP contribution in [0.5, 0.6) is 0 Å². The molecule has 1 saturated carbocycles. The Morgan fingerprint density at radius 3 is 2.86 bits per heavy atom. The molecular formula is C17H15BrN2S. The van der Waals surface area contributed by atoms with E-state index < -0.39 is 0 Å². The number of halogens is 1. The molecule has 1 aromatic heterocycles. The van der Waals surface area contributed by atoms with E-state index in [2.05, 4.69) is 68.7 Å². The predicted molar refractivity (Wildman–Crippen MR) is 93.1 cm³/mol. The van der Waals surface area contributed by atoms with E-state index in [4.69, 9.17) is 0 Å². The van der Waals surface area contributed by atoms with Gasteiger partial charge in [-0.2, -0.15) is 0 Å². The van der Waals surface area contributed by atoms with Crippen molar-refractivity contribution < 1.29 is 0 Å². The van der Waals surface area contributed by atoms with E-state index in [1.807, 2.05) is 5.51 Å². The third-order valence-electron chi connectivity index (χ3n) is 4.19. The summed E-state index contributed by atoms with van der Waals surface area (Å²) in [5.74, 6) is 0.671. The molecule has 0 aliphatic heterocycles. The van der Waals surface area contributed by atoms with Gasteiger partial charge in [-0.3, -0.25) is 0 Å². The Balaban J connectivity index is 1.43. The standard InChI is InChI=1S/C17H15BrN2S/c18-15-4-2-1-3-14(15)11-7-13(8-11)20-12-5-6-16-17(9-12)21-10-19-16/h1-6,9-11,13,20H,7-8H2. The van der Waals surface area contributed by atoms with Crippen LogP contribution in [0, 0.1) is 0 Å². The fraction of sp³-hybridized carbons (Fsp3) is 0.235. The van der Waals surface area contributed by atoms with Crippen molar-refractivity contribution in [2.24, 2.45) is 0 Å². The molecule has 1 N–H and O–H groups in total. The third-order valence-corrected chi connectivity index (χ3v) is 5.70. The van der Waals surface area contributed by atoms with E-state index in [-0.39, 0.29) is 0 Å². The second-order valence-electron chi connectivity index (χ2n) is 5.57. The lowest BCUT2D eigenvalue weighted by Gasteiger charge is -2.37. The lowest BCUT2D eigenvalue weighted by molar-refractivity contribution is 0.373. The second kappa shape index (κ2) is 5.43. The van der Waals surface area contributed by atoms with Crippen molar-refractivity contribution in [1.82, 2.24) is 4.98 Å². The highest BCUT2D eigenvalue weighted by molar-refractivity contribution is 9.10. The first-order valence-corrected chi connectivity index (χ1v) is 8.81. The van der Waals surface area contributed by atoms with Crippen molar-refractivity contribution in [1.29, 1.82) is 0 Å². The number of nitrogens with zero attached hydrogens (tertiary/aromatic N) is 1. The van der Waals surface area contributed by atoms with Gasteiger partial charge < -0.3 is 5.32 Å². The van der Waals surface area contributed by atoms with Gasteiger partial charge in [0, 0.05) is 16.2 Å². The van der Waals surface area contributed by atoms with E-state index in [9.17, 15) is 0 Å². The maximum absolute atomic E-state index is 4.32. The molecule has 0 atom stereocenters. The molecule has 0 radical (unpaired) electrons. The molecule has 0 unspecified atom stereocenters. The Kier molecular flexibility index (Phi) is 3.43. The zero-order valence-electron chi connectivity index (χ0n) is 11.4. The van der Waals surface area contributed by atoms with Crippen molar-refractivity contribution in [3.05, 3.63) is 58.0 Å². The lowest BCUT2D eigenvalue weighted by atomic mass is 9.76. The highest BCUT2D eigenvalue weighted by Gasteiger charge is 2.31. The molecule has 2 aromatic carbocycles. The molecule has 1 fully saturated rings. The van der Waals surface area contributed by atoms with Crippen LogP contribution in [-0.2, 0) is 0 Å². The van der Waals surface area contributed by atoms with Gasteiger partial charge in [0.25, 0.3) is 0 Å². The summed E-state index contributed by atoms with van der Waals surface area (Å²) in [7, 11) is 0. The van der Waals surface area contributed by atoms with Crippen molar-refractivity contribution in [2.45, 2.75) is 24.8 Å². The van der Waals surface area contributed by atoms with Crippen molar-refractivity contribution >= 4 is 43.2 Å². The number of anilines is 1. The summed E-state index contributed by atoms with van der Waals surface area (Å²) in [4.78, 5) is 4.32. The number of fused-ring (bicyclic) bond motifs is 1. The monoisotopic (exact) mass is 358 g/mol. The number of benzene rings is 2. The van der Waals surface area contributed by atoms with Crippen molar-refractivity contribution in [3.63, 3.8) is 0 Å². The number of nitrogens with one attached hydrogen (secondary N) is 1. The van der Waals surface area contributed by atoms with Crippen molar-refractivity contribution in [2.75, 3.05) is 5.32 Å². The molecule has 2 nitrogen and oxygen atoms in total. The minimum absolute atomic E-state index is 0.576. The van der Waals surface area contributed by atoms with Gasteiger partial charge >= 0.3 is 0 Å². The van der Waals surface area contributed by atoms with E-state index in [1.54, 1.807) is 11.3 Å². The topological polar surface area (TPSA) is 24.9 Å². The SMILES string of the molecule is Brc1ccccc1C1CC(Nc2ccc3ncsc3c2)C1. The van der Waals surface area contributed by atoms with Gasteiger partial charge in [0.2, 0.25) is 0 Å². The summed E-state index contributed by atoms with van der Waals surface area (Å²) < 4.78 is 2.49. The molecule has 0 saturated heterocycles. The smallest absolute Gasteiger partial charge is 0.0813 e. The Morgan fingerprint density at radius 2 is 2.00 bits per heavy atom. The maximum Gasteiger partial charge on any atom is 0.0813 e. The predicted octanol–water partition coefficient (Wildman–Crippen LogP) is 5.42. The number of thiazole rings is 1. The Hall–Kier alpha value is -1.39. The van der Waals surface area contributed by atoms with Gasteiger partial charge in [-0.1, -0.05) is 34.1 Å². The van der Waals surface area contributed by atoms with Crippen LogP contribution >= 0.6 is 27.3 Å².